The van der Waals surface area contributed by atoms with Crippen molar-refractivity contribution in [3.63, 3.8) is 0 Å². The molecule has 6 aromatic carbocycles. The Labute approximate surface area is 232 Å². The Morgan fingerprint density at radius 3 is 1.82 bits per heavy atom. The van der Waals surface area contributed by atoms with Crippen molar-refractivity contribution in [3.8, 4) is 5.75 Å². The van der Waals surface area contributed by atoms with Gasteiger partial charge in [-0.25, -0.2) is 0 Å². The molecule has 0 fully saturated rings. The molecule has 0 aliphatic rings. The van der Waals surface area contributed by atoms with Gasteiger partial charge in [-0.2, -0.15) is 0 Å². The molecule has 0 saturated heterocycles. The molecule has 7 rings (SSSR count). The molecule has 0 saturated carbocycles. The summed E-state index contributed by atoms with van der Waals surface area (Å²) >= 11 is 0. The van der Waals surface area contributed by atoms with Gasteiger partial charge in [-0.15, -0.1) is 0 Å². The van der Waals surface area contributed by atoms with Crippen molar-refractivity contribution in [3.05, 3.63) is 139 Å². The number of fused-ring (bicyclic) bond motifs is 7. The van der Waals surface area contributed by atoms with Gasteiger partial charge in [0, 0.05) is 22.6 Å². The summed E-state index contributed by atoms with van der Waals surface area (Å²) in [6.45, 7) is 2.08. The van der Waals surface area contributed by atoms with Gasteiger partial charge in [0.25, 0.3) is 0 Å². The molecule has 0 spiro atoms. The van der Waals surface area contributed by atoms with Crippen LogP contribution in [-0.4, -0.2) is 6.21 Å². The van der Waals surface area contributed by atoms with Crippen molar-refractivity contribution in [2.75, 3.05) is 0 Å². The molecule has 0 N–H and O–H groups in total. The summed E-state index contributed by atoms with van der Waals surface area (Å²) in [5.41, 5.74) is 3.50. The van der Waals surface area contributed by atoms with E-state index in [0.29, 0.717) is 5.75 Å². The lowest BCUT2D eigenvalue weighted by Gasteiger charge is -2.08. The molecule has 0 aliphatic carbocycles. The van der Waals surface area contributed by atoms with Crippen LogP contribution in [0.5, 0.6) is 5.75 Å². The Balaban J connectivity index is 1.40. The Morgan fingerprint density at radius 2 is 1.18 bits per heavy atom. The zero-order valence-corrected chi connectivity index (χ0v) is 22.8. The first-order chi connectivity index (χ1) is 19.7. The van der Waals surface area contributed by atoms with Crippen molar-refractivity contribution in [2.24, 2.45) is 4.99 Å². The van der Waals surface area contributed by atoms with Gasteiger partial charge in [0.05, 0.1) is 6.04 Å². The Hall–Kier alpha value is -4.79. The summed E-state index contributed by atoms with van der Waals surface area (Å²) in [6, 6.07) is 43.1. The van der Waals surface area contributed by atoms with E-state index in [9.17, 15) is 0 Å². The zero-order valence-electron chi connectivity index (χ0n) is 21.9. The maximum atomic E-state index is 6.53. The van der Waals surface area contributed by atoms with Gasteiger partial charge in [0.1, 0.15) is 16.9 Å². The van der Waals surface area contributed by atoms with Crippen molar-refractivity contribution in [1.29, 1.82) is 0 Å². The van der Waals surface area contributed by atoms with E-state index in [1.807, 2.05) is 60.8 Å². The second-order valence-electron chi connectivity index (χ2n) is 9.72. The molecule has 194 valence electrons. The number of para-hydroxylation sites is 1. The third-order valence-corrected chi connectivity index (χ3v) is 8.23. The lowest BCUT2D eigenvalue weighted by atomic mass is 9.99. The summed E-state index contributed by atoms with van der Waals surface area (Å²) in [5, 5.41) is 6.55. The van der Waals surface area contributed by atoms with Crippen molar-refractivity contribution < 1.29 is 12.9 Å². The molecule has 7 aromatic rings. The third kappa shape index (κ3) is 4.53. The highest BCUT2D eigenvalue weighted by Crippen LogP contribution is 2.42. The van der Waals surface area contributed by atoms with Crippen LogP contribution < -0.4 is 4.52 Å². The van der Waals surface area contributed by atoms with E-state index in [1.165, 1.54) is 0 Å². The molecule has 1 heterocycles. The maximum absolute atomic E-state index is 6.53. The minimum Gasteiger partial charge on any atom is -0.390 e. The zero-order chi connectivity index (χ0) is 26.9. The van der Waals surface area contributed by atoms with Gasteiger partial charge < -0.3 is 12.9 Å². The minimum absolute atomic E-state index is 0.0191. The van der Waals surface area contributed by atoms with E-state index in [2.05, 4.69) is 79.7 Å². The SMILES string of the molecule is C[C@@H](N=Cc1ccccc1Op1oc2ccc3ccccc3c2c2c(ccc3ccccc32)o1)c1ccccc1. The van der Waals surface area contributed by atoms with Crippen LogP contribution in [0, 0.1) is 0 Å². The normalized spacial score (nSPS) is 12.4. The van der Waals surface area contributed by atoms with E-state index in [0.717, 1.165) is 54.6 Å². The standard InChI is InChI=1S/C35H26NO3P/c1-24(25-11-3-2-4-12-25)36-23-28-15-7-10-18-31(28)37-40-38-32-21-19-26-13-5-8-16-29(26)34(32)35-30-17-9-6-14-27(30)20-22-33(35)39-40/h2-24H,1H3/t24-/m1/s1. The van der Waals surface area contributed by atoms with Crippen LogP contribution in [0.15, 0.2) is 141 Å². The molecule has 4 nitrogen and oxygen atoms in total. The highest BCUT2D eigenvalue weighted by Gasteiger charge is 2.15. The molecule has 0 unspecified atom stereocenters. The molecule has 5 heteroatoms. The molecule has 1 aromatic heterocycles. The number of hydrogen-bond donors (Lipinski definition) is 0. The average molecular weight is 540 g/mol. The lowest BCUT2D eigenvalue weighted by Crippen LogP contribution is -1.92. The molecule has 0 amide bonds. The van der Waals surface area contributed by atoms with Gasteiger partial charge in [-0.3, -0.25) is 4.99 Å². The van der Waals surface area contributed by atoms with Gasteiger partial charge in [0.15, 0.2) is 0 Å². The first-order valence-electron chi connectivity index (χ1n) is 13.3. The van der Waals surface area contributed by atoms with Crippen LogP contribution in [-0.2, 0) is 0 Å². The smallest absolute Gasteiger partial charge is 0.390 e. The Kier molecular flexibility index (Phi) is 6.31. The third-order valence-electron chi connectivity index (χ3n) is 7.19. The van der Waals surface area contributed by atoms with Gasteiger partial charge in [-0.1, -0.05) is 103 Å². The van der Waals surface area contributed by atoms with Crippen molar-refractivity contribution in [2.45, 2.75) is 13.0 Å². The molecule has 40 heavy (non-hydrogen) atoms. The number of rotatable bonds is 5. The number of benzene rings is 6. The molecule has 0 radical (unpaired) electrons. The van der Waals surface area contributed by atoms with Crippen LogP contribution in [0.4, 0.5) is 0 Å². The molecular weight excluding hydrogens is 513 g/mol. The fourth-order valence-corrected chi connectivity index (χ4v) is 6.21. The van der Waals surface area contributed by atoms with Crippen LogP contribution in [0.3, 0.4) is 0 Å². The second-order valence-corrected chi connectivity index (χ2v) is 10.7. The van der Waals surface area contributed by atoms with Gasteiger partial charge in [0.2, 0.25) is 0 Å². The van der Waals surface area contributed by atoms with E-state index in [4.69, 9.17) is 17.9 Å². The van der Waals surface area contributed by atoms with Crippen LogP contribution >= 0.6 is 8.24 Å². The van der Waals surface area contributed by atoms with Crippen molar-refractivity contribution in [1.82, 2.24) is 0 Å². The Bertz CT molecular complexity index is 1970. The highest BCUT2D eigenvalue weighted by molar-refractivity contribution is 7.32. The summed E-state index contributed by atoms with van der Waals surface area (Å²) in [6.07, 6.45) is 1.86. The molecule has 0 bridgehead atoms. The lowest BCUT2D eigenvalue weighted by molar-refractivity contribution is 0.498. The van der Waals surface area contributed by atoms with E-state index >= 15 is 0 Å². The first kappa shape index (κ1) is 24.3. The topological polar surface area (TPSA) is 47.9 Å². The number of nitrogens with zero attached hydrogens (tertiary/aromatic N) is 1. The molecule has 0 aliphatic heterocycles. The van der Waals surface area contributed by atoms with Crippen molar-refractivity contribution >= 4 is 57.9 Å². The predicted octanol–water partition coefficient (Wildman–Crippen LogP) is 10.6. The second kappa shape index (κ2) is 10.4. The van der Waals surface area contributed by atoms with E-state index < -0.39 is 8.24 Å². The largest absolute Gasteiger partial charge is 0.453 e. The summed E-state index contributed by atoms with van der Waals surface area (Å²) in [4.78, 5) is 4.80. The molecular formula is C35H26NO3P. The Morgan fingerprint density at radius 1 is 0.625 bits per heavy atom. The summed E-state index contributed by atoms with van der Waals surface area (Å²) in [5.74, 6) is 0.657. The van der Waals surface area contributed by atoms with E-state index in [1.54, 1.807) is 0 Å². The van der Waals surface area contributed by atoms with E-state index in [-0.39, 0.29) is 6.04 Å². The van der Waals surface area contributed by atoms with Gasteiger partial charge in [-0.05, 0) is 58.3 Å². The van der Waals surface area contributed by atoms with Gasteiger partial charge >= 0.3 is 8.24 Å². The summed E-state index contributed by atoms with van der Waals surface area (Å²) < 4.78 is 19.5. The van der Waals surface area contributed by atoms with Crippen LogP contribution in [0.25, 0.3) is 43.5 Å². The summed E-state index contributed by atoms with van der Waals surface area (Å²) in [7, 11) is -1.81. The maximum Gasteiger partial charge on any atom is 0.453 e. The minimum atomic E-state index is -1.81. The fraction of sp³-hybridized carbons (Fsp3) is 0.0571. The molecule has 1 atom stereocenters. The first-order valence-corrected chi connectivity index (χ1v) is 14.4. The fourth-order valence-electron chi connectivity index (χ4n) is 5.15. The monoisotopic (exact) mass is 539 g/mol. The average Bonchev–Trinajstić information content (AvgIpc) is 3.17. The van der Waals surface area contributed by atoms with Crippen LogP contribution in [0.2, 0.25) is 0 Å². The number of aliphatic imine (C=N–C) groups is 1. The number of hydrogen-bond acceptors (Lipinski definition) is 4. The van der Waals surface area contributed by atoms with Crippen LogP contribution in [0.1, 0.15) is 24.1 Å². The highest BCUT2D eigenvalue weighted by atomic mass is 31.1. The quantitative estimate of drug-likeness (QED) is 0.204. The predicted molar refractivity (Wildman–Crippen MR) is 166 cm³/mol.